The first kappa shape index (κ1) is 25.2. The van der Waals surface area contributed by atoms with Gasteiger partial charge >= 0.3 is 0 Å². The Bertz CT molecular complexity index is 966. The molecule has 6 nitrogen and oxygen atoms in total. The molecule has 3 atom stereocenters. The minimum atomic E-state index is 0.249. The molecule has 2 aromatic heterocycles. The number of nitrogens with one attached hydrogen (secondary N) is 2. The largest absolute Gasteiger partial charge is 0.375 e. The third-order valence-corrected chi connectivity index (χ3v) is 7.54. The Hall–Kier alpha value is -1.89. The molecule has 3 heterocycles. The Balaban J connectivity index is 1.64. The second-order valence-corrected chi connectivity index (χ2v) is 10.5. The van der Waals surface area contributed by atoms with Gasteiger partial charge in [0.25, 0.3) is 0 Å². The van der Waals surface area contributed by atoms with Crippen molar-refractivity contribution in [3.63, 3.8) is 0 Å². The van der Waals surface area contributed by atoms with Crippen molar-refractivity contribution in [2.24, 2.45) is 5.73 Å². The van der Waals surface area contributed by atoms with Gasteiger partial charge in [-0.1, -0.05) is 25.4 Å². The van der Waals surface area contributed by atoms with Gasteiger partial charge < -0.3 is 21.1 Å². The first-order valence-corrected chi connectivity index (χ1v) is 13.4. The summed E-state index contributed by atoms with van der Waals surface area (Å²) >= 11 is 6.72. The van der Waals surface area contributed by atoms with Crippen LogP contribution in [0.2, 0.25) is 5.02 Å². The smallest absolute Gasteiger partial charge is 0.127 e. The average Bonchev–Trinajstić information content (AvgIpc) is 2.80. The van der Waals surface area contributed by atoms with Crippen molar-refractivity contribution in [2.45, 2.75) is 109 Å². The highest BCUT2D eigenvalue weighted by atomic mass is 35.5. The zero-order chi connectivity index (χ0) is 24.2. The Morgan fingerprint density at radius 3 is 2.29 bits per heavy atom. The minimum absolute atomic E-state index is 0.249. The molecule has 0 aromatic carbocycles. The second-order valence-electron chi connectivity index (χ2n) is 10.1. The van der Waals surface area contributed by atoms with Crippen LogP contribution in [0.5, 0.6) is 0 Å². The molecule has 0 bridgehead atoms. The lowest BCUT2D eigenvalue weighted by Crippen LogP contribution is -2.37. The zero-order valence-electron chi connectivity index (χ0n) is 21.0. The van der Waals surface area contributed by atoms with Crippen molar-refractivity contribution in [3.8, 4) is 11.3 Å². The predicted molar refractivity (Wildman–Crippen MR) is 142 cm³/mol. The quantitative estimate of drug-likeness (QED) is 0.447. The van der Waals surface area contributed by atoms with Crippen molar-refractivity contribution in [3.05, 3.63) is 34.5 Å². The molecule has 1 unspecified atom stereocenters. The van der Waals surface area contributed by atoms with E-state index in [1.54, 1.807) is 6.20 Å². The number of rotatable bonds is 7. The second kappa shape index (κ2) is 11.2. The van der Waals surface area contributed by atoms with Gasteiger partial charge in [0.05, 0.1) is 22.9 Å². The maximum Gasteiger partial charge on any atom is 0.127 e. The maximum atomic E-state index is 6.72. The van der Waals surface area contributed by atoms with Crippen LogP contribution >= 0.6 is 11.6 Å². The van der Waals surface area contributed by atoms with Crippen molar-refractivity contribution in [1.29, 1.82) is 0 Å². The minimum Gasteiger partial charge on any atom is -0.375 e. The summed E-state index contributed by atoms with van der Waals surface area (Å²) < 4.78 is 5.93. The number of ether oxygens (including phenoxy) is 1. The monoisotopic (exact) mass is 485 g/mol. The standard InChI is InChI=1S/C27H40ClN5O/c1-5-18-13-26(32-21-11-16(3)34-17(4)12-21)33-27(22(18)6-2)23-14-25(30-15-24(23)28)31-20-9-7-19(29)8-10-20/h13-17,19-21H,5-12,29H2,1-4H3,(H,30,31)(H,32,33)/t16-,17+,19?,20?,21?. The highest BCUT2D eigenvalue weighted by molar-refractivity contribution is 6.33. The fraction of sp³-hybridized carbons (Fsp3) is 0.630. The molecule has 1 saturated heterocycles. The van der Waals surface area contributed by atoms with Crippen molar-refractivity contribution < 1.29 is 4.74 Å². The first-order valence-electron chi connectivity index (χ1n) is 13.0. The van der Waals surface area contributed by atoms with E-state index in [1.165, 1.54) is 11.1 Å². The molecule has 1 aliphatic heterocycles. The van der Waals surface area contributed by atoms with Crippen LogP contribution in [0.4, 0.5) is 11.6 Å². The summed E-state index contributed by atoms with van der Waals surface area (Å²) in [5.74, 6) is 1.77. The summed E-state index contributed by atoms with van der Waals surface area (Å²) in [6, 6.07) is 5.36. The van der Waals surface area contributed by atoms with Crippen molar-refractivity contribution in [2.75, 3.05) is 10.6 Å². The Kier molecular flexibility index (Phi) is 8.33. The van der Waals surface area contributed by atoms with E-state index in [4.69, 9.17) is 27.1 Å². The number of pyridine rings is 2. The Morgan fingerprint density at radius 2 is 1.65 bits per heavy atom. The summed E-state index contributed by atoms with van der Waals surface area (Å²) in [6.45, 7) is 8.68. The molecule has 4 N–H and O–H groups in total. The summed E-state index contributed by atoms with van der Waals surface area (Å²) in [5.41, 5.74) is 10.5. The zero-order valence-corrected chi connectivity index (χ0v) is 21.8. The normalized spacial score (nSPS) is 27.4. The van der Waals surface area contributed by atoms with Gasteiger partial charge in [0.2, 0.25) is 0 Å². The van der Waals surface area contributed by atoms with E-state index in [9.17, 15) is 0 Å². The predicted octanol–water partition coefficient (Wildman–Crippen LogP) is 5.97. The van der Waals surface area contributed by atoms with Crippen LogP contribution < -0.4 is 16.4 Å². The molecule has 2 fully saturated rings. The number of hydrogen-bond acceptors (Lipinski definition) is 6. The third-order valence-electron chi connectivity index (χ3n) is 7.23. The molecule has 186 valence electrons. The molecular weight excluding hydrogens is 446 g/mol. The van der Waals surface area contributed by atoms with Crippen LogP contribution in [0.3, 0.4) is 0 Å². The lowest BCUT2D eigenvalue weighted by Gasteiger charge is -2.33. The number of nitrogens with zero attached hydrogens (tertiary/aromatic N) is 2. The van der Waals surface area contributed by atoms with Crippen LogP contribution in [0.15, 0.2) is 18.3 Å². The number of nitrogens with two attached hydrogens (primary N) is 1. The highest BCUT2D eigenvalue weighted by Crippen LogP contribution is 2.35. The maximum absolute atomic E-state index is 6.72. The molecule has 2 aromatic rings. The molecule has 7 heteroatoms. The van der Waals surface area contributed by atoms with Crippen molar-refractivity contribution >= 4 is 23.2 Å². The molecule has 1 saturated carbocycles. The number of aromatic nitrogens is 2. The van der Waals surface area contributed by atoms with Gasteiger partial charge in [0.15, 0.2) is 0 Å². The van der Waals surface area contributed by atoms with Gasteiger partial charge in [-0.25, -0.2) is 9.97 Å². The Labute approximate surface area is 209 Å². The lowest BCUT2D eigenvalue weighted by molar-refractivity contribution is -0.0338. The van der Waals surface area contributed by atoms with E-state index >= 15 is 0 Å². The molecule has 34 heavy (non-hydrogen) atoms. The summed E-state index contributed by atoms with van der Waals surface area (Å²) in [6.07, 6.45) is 10.3. The number of anilines is 2. The molecule has 4 rings (SSSR count). The van der Waals surface area contributed by atoms with Gasteiger partial charge in [-0.05, 0) is 88.5 Å². The summed E-state index contributed by atoms with van der Waals surface area (Å²) in [7, 11) is 0. The third kappa shape index (κ3) is 6.02. The average molecular weight is 486 g/mol. The lowest BCUT2D eigenvalue weighted by atomic mass is 9.92. The van der Waals surface area contributed by atoms with E-state index in [0.29, 0.717) is 23.1 Å². The molecule has 2 aliphatic rings. The number of halogens is 1. The molecular formula is C27H40ClN5O. The van der Waals surface area contributed by atoms with E-state index in [2.05, 4.69) is 55.4 Å². The fourth-order valence-corrected chi connectivity index (χ4v) is 5.73. The van der Waals surface area contributed by atoms with Crippen LogP contribution in [-0.4, -0.2) is 40.3 Å². The molecule has 0 radical (unpaired) electrons. The number of aryl methyl sites for hydroxylation is 1. The van der Waals surface area contributed by atoms with E-state index in [1.807, 2.05) is 0 Å². The van der Waals surface area contributed by atoms with Gasteiger partial charge in [0.1, 0.15) is 11.6 Å². The molecule has 1 aliphatic carbocycles. The fourth-order valence-electron chi connectivity index (χ4n) is 5.54. The van der Waals surface area contributed by atoms with Crippen LogP contribution in [-0.2, 0) is 17.6 Å². The van der Waals surface area contributed by atoms with Gasteiger partial charge in [-0.2, -0.15) is 0 Å². The first-order chi connectivity index (χ1) is 16.4. The highest BCUT2D eigenvalue weighted by Gasteiger charge is 2.25. The topological polar surface area (TPSA) is 85.1 Å². The van der Waals surface area contributed by atoms with Gasteiger partial charge in [-0.15, -0.1) is 0 Å². The van der Waals surface area contributed by atoms with Gasteiger partial charge in [0, 0.05) is 29.9 Å². The summed E-state index contributed by atoms with van der Waals surface area (Å²) in [4.78, 5) is 9.69. The van der Waals surface area contributed by atoms with Crippen LogP contribution in [0, 0.1) is 0 Å². The molecule has 0 amide bonds. The van der Waals surface area contributed by atoms with Crippen LogP contribution in [0.1, 0.15) is 77.3 Å². The summed E-state index contributed by atoms with van der Waals surface area (Å²) in [5, 5.41) is 7.95. The van der Waals surface area contributed by atoms with E-state index in [-0.39, 0.29) is 12.2 Å². The van der Waals surface area contributed by atoms with Crippen LogP contribution in [0.25, 0.3) is 11.3 Å². The number of hydrogen-bond donors (Lipinski definition) is 3. The van der Waals surface area contributed by atoms with E-state index < -0.39 is 0 Å². The van der Waals surface area contributed by atoms with Crippen molar-refractivity contribution in [1.82, 2.24) is 9.97 Å². The van der Waals surface area contributed by atoms with E-state index in [0.717, 1.165) is 74.3 Å². The van der Waals surface area contributed by atoms with Gasteiger partial charge in [-0.3, -0.25) is 0 Å². The SMILES string of the molecule is CCc1cc(NC2C[C@@H](C)O[C@@H](C)C2)nc(-c2cc(NC3CCC(N)CC3)ncc2Cl)c1CC. The Morgan fingerprint density at radius 1 is 0.971 bits per heavy atom. The molecule has 0 spiro atoms.